The Kier molecular flexibility index (Phi) is 8.72. The molecule has 9 heteroatoms. The molecule has 0 spiro atoms. The fraction of sp³-hybridized carbons (Fsp3) is 0.261. The lowest BCUT2D eigenvalue weighted by atomic mass is 10.1. The van der Waals surface area contributed by atoms with Crippen LogP contribution in [0.5, 0.6) is 11.5 Å². The number of carbonyl (C=O) groups is 2. The Hall–Kier alpha value is -2.36. The Morgan fingerprint density at radius 3 is 2.69 bits per heavy atom. The quantitative estimate of drug-likeness (QED) is 0.248. The van der Waals surface area contributed by atoms with Crippen LogP contribution in [0.4, 0.5) is 0 Å². The summed E-state index contributed by atoms with van der Waals surface area (Å²) in [5.74, 6) is 0.531. The molecule has 1 amide bonds. The van der Waals surface area contributed by atoms with Gasteiger partial charge >= 0.3 is 5.97 Å². The molecule has 168 valence electrons. The van der Waals surface area contributed by atoms with Gasteiger partial charge in [-0.05, 0) is 52.2 Å². The van der Waals surface area contributed by atoms with Gasteiger partial charge in [-0.1, -0.05) is 54.3 Å². The van der Waals surface area contributed by atoms with Crippen LogP contribution in [0.15, 0.2) is 51.8 Å². The fourth-order valence-electron chi connectivity index (χ4n) is 2.97. The number of methoxy groups -OCH3 is 1. The van der Waals surface area contributed by atoms with Gasteiger partial charge in [0.05, 0.1) is 29.5 Å². The molecule has 0 unspecified atom stereocenters. The number of carbonyl (C=O) groups excluding carboxylic acids is 2. The Bertz CT molecular complexity index is 1040. The predicted molar refractivity (Wildman–Crippen MR) is 133 cm³/mol. The van der Waals surface area contributed by atoms with Crippen LogP contribution >= 0.6 is 39.9 Å². The summed E-state index contributed by atoms with van der Waals surface area (Å²) in [4.78, 5) is 26.3. The number of hydrogen-bond donors (Lipinski definition) is 0. The molecule has 2 aromatic rings. The van der Waals surface area contributed by atoms with Gasteiger partial charge in [0, 0.05) is 6.54 Å². The molecule has 1 saturated heterocycles. The number of ether oxygens (including phenoxy) is 3. The molecule has 0 aromatic heterocycles. The van der Waals surface area contributed by atoms with E-state index in [-0.39, 0.29) is 24.8 Å². The third-order valence-corrected chi connectivity index (χ3v) is 6.46. The number of esters is 1. The highest BCUT2D eigenvalue weighted by Crippen LogP contribution is 2.39. The van der Waals surface area contributed by atoms with Gasteiger partial charge in [0.15, 0.2) is 11.5 Å². The van der Waals surface area contributed by atoms with Crippen molar-refractivity contribution in [2.75, 3.05) is 20.3 Å². The van der Waals surface area contributed by atoms with Crippen molar-refractivity contribution in [1.29, 1.82) is 0 Å². The molecule has 0 aliphatic carbocycles. The second-order valence-electron chi connectivity index (χ2n) is 6.70. The molecule has 1 aliphatic rings. The highest BCUT2D eigenvalue weighted by molar-refractivity contribution is 9.10. The second kappa shape index (κ2) is 11.5. The lowest BCUT2D eigenvalue weighted by Crippen LogP contribution is -2.30. The van der Waals surface area contributed by atoms with Crippen molar-refractivity contribution in [3.8, 4) is 11.5 Å². The van der Waals surface area contributed by atoms with Crippen molar-refractivity contribution in [2.24, 2.45) is 0 Å². The van der Waals surface area contributed by atoms with E-state index in [1.165, 1.54) is 16.7 Å². The van der Waals surface area contributed by atoms with Crippen molar-refractivity contribution in [2.45, 2.75) is 20.0 Å². The number of amides is 1. The first kappa shape index (κ1) is 24.3. The maximum atomic E-state index is 12.8. The fourth-order valence-corrected chi connectivity index (χ4v) is 4.86. The van der Waals surface area contributed by atoms with E-state index in [0.717, 1.165) is 11.1 Å². The van der Waals surface area contributed by atoms with Gasteiger partial charge in [0.25, 0.3) is 5.91 Å². The number of hydrogen-bond acceptors (Lipinski definition) is 7. The van der Waals surface area contributed by atoms with Gasteiger partial charge in [0.2, 0.25) is 0 Å². The van der Waals surface area contributed by atoms with Gasteiger partial charge in [0.1, 0.15) is 10.9 Å². The van der Waals surface area contributed by atoms with E-state index < -0.39 is 0 Å². The van der Waals surface area contributed by atoms with Crippen LogP contribution in [-0.4, -0.2) is 41.4 Å². The van der Waals surface area contributed by atoms with E-state index in [1.54, 1.807) is 26.2 Å². The van der Waals surface area contributed by atoms with Crippen LogP contribution in [0.2, 0.25) is 0 Å². The first-order valence-electron chi connectivity index (χ1n) is 9.88. The zero-order chi connectivity index (χ0) is 23.1. The highest BCUT2D eigenvalue weighted by Gasteiger charge is 2.32. The van der Waals surface area contributed by atoms with Crippen LogP contribution in [0.25, 0.3) is 6.08 Å². The first-order valence-corrected chi connectivity index (χ1v) is 11.9. The normalized spacial score (nSPS) is 14.7. The molecule has 6 nitrogen and oxygen atoms in total. The molecule has 2 aromatic carbocycles. The van der Waals surface area contributed by atoms with E-state index in [1.807, 2.05) is 36.4 Å². The summed E-state index contributed by atoms with van der Waals surface area (Å²) in [7, 11) is 1.57. The largest absolute Gasteiger partial charge is 0.493 e. The average molecular weight is 536 g/mol. The van der Waals surface area contributed by atoms with Crippen LogP contribution in [0, 0.1) is 0 Å². The number of rotatable bonds is 9. The summed E-state index contributed by atoms with van der Waals surface area (Å²) in [5.41, 5.74) is 1.80. The first-order chi connectivity index (χ1) is 15.4. The summed E-state index contributed by atoms with van der Waals surface area (Å²) in [5, 5.41) is 0. The van der Waals surface area contributed by atoms with Crippen LogP contribution in [0.3, 0.4) is 0 Å². The average Bonchev–Trinajstić information content (AvgIpc) is 3.04. The maximum Gasteiger partial charge on any atom is 0.307 e. The molecule has 0 radical (unpaired) electrons. The molecule has 1 heterocycles. The van der Waals surface area contributed by atoms with Gasteiger partial charge < -0.3 is 14.2 Å². The van der Waals surface area contributed by atoms with Crippen molar-refractivity contribution in [3.05, 3.63) is 63.0 Å². The minimum atomic E-state index is -0.356. The standard InChI is InChI=1S/C23H22BrNO5S2/c1-3-29-20(26)9-10-25-22(27)19(32-23(25)31)13-16-11-17(24)21(18(12-16)28-2)30-14-15-7-5-4-6-8-15/h4-8,11-13H,3,9-10,14H2,1-2H3/b19-13-. The van der Waals surface area contributed by atoms with E-state index in [4.69, 9.17) is 26.4 Å². The van der Waals surface area contributed by atoms with Crippen LogP contribution in [-0.2, 0) is 20.9 Å². The Balaban J connectivity index is 1.75. The van der Waals surface area contributed by atoms with Gasteiger partial charge in [-0.3, -0.25) is 14.5 Å². The number of halogens is 1. The zero-order valence-electron chi connectivity index (χ0n) is 17.6. The molecule has 0 N–H and O–H groups in total. The molecular formula is C23H22BrNO5S2. The molecular weight excluding hydrogens is 514 g/mol. The van der Waals surface area contributed by atoms with Crippen LogP contribution in [0.1, 0.15) is 24.5 Å². The topological polar surface area (TPSA) is 65.1 Å². The summed E-state index contributed by atoms with van der Waals surface area (Å²) in [6, 6.07) is 13.5. The molecule has 0 bridgehead atoms. The molecule has 3 rings (SSSR count). The van der Waals surface area contributed by atoms with Crippen molar-refractivity contribution >= 4 is 62.2 Å². The summed E-state index contributed by atoms with van der Waals surface area (Å²) >= 11 is 10.1. The summed E-state index contributed by atoms with van der Waals surface area (Å²) < 4.78 is 17.5. The van der Waals surface area contributed by atoms with Gasteiger partial charge in [-0.2, -0.15) is 0 Å². The Morgan fingerprint density at radius 1 is 1.25 bits per heavy atom. The summed E-state index contributed by atoms with van der Waals surface area (Å²) in [6.07, 6.45) is 1.85. The monoisotopic (exact) mass is 535 g/mol. The highest BCUT2D eigenvalue weighted by atomic mass is 79.9. The molecule has 0 saturated carbocycles. The summed E-state index contributed by atoms with van der Waals surface area (Å²) in [6.45, 7) is 2.64. The second-order valence-corrected chi connectivity index (χ2v) is 9.23. The van der Waals surface area contributed by atoms with Crippen molar-refractivity contribution in [3.63, 3.8) is 0 Å². The minimum absolute atomic E-state index is 0.0976. The van der Waals surface area contributed by atoms with E-state index in [2.05, 4.69) is 15.9 Å². The Labute approximate surface area is 205 Å². The minimum Gasteiger partial charge on any atom is -0.493 e. The van der Waals surface area contributed by atoms with Crippen molar-refractivity contribution in [1.82, 2.24) is 4.90 Å². The number of thioether (sulfide) groups is 1. The third kappa shape index (κ3) is 6.11. The zero-order valence-corrected chi connectivity index (χ0v) is 20.8. The Morgan fingerprint density at radius 2 is 2.00 bits per heavy atom. The number of nitrogens with zero attached hydrogens (tertiary/aromatic N) is 1. The number of thiocarbonyl (C=S) groups is 1. The SMILES string of the molecule is CCOC(=O)CCN1C(=O)/C(=C/c2cc(Br)c(OCc3ccccc3)c(OC)c2)SC1=S. The van der Waals surface area contributed by atoms with Crippen molar-refractivity contribution < 1.29 is 23.8 Å². The number of benzene rings is 2. The maximum absolute atomic E-state index is 12.8. The predicted octanol–water partition coefficient (Wildman–Crippen LogP) is 5.19. The molecule has 32 heavy (non-hydrogen) atoms. The van der Waals surface area contributed by atoms with Gasteiger partial charge in [-0.15, -0.1) is 0 Å². The van der Waals surface area contributed by atoms with E-state index in [9.17, 15) is 9.59 Å². The van der Waals surface area contributed by atoms with E-state index >= 15 is 0 Å². The van der Waals surface area contributed by atoms with E-state index in [0.29, 0.717) is 38.4 Å². The molecule has 0 atom stereocenters. The molecule has 1 aliphatic heterocycles. The lowest BCUT2D eigenvalue weighted by Gasteiger charge is -2.14. The van der Waals surface area contributed by atoms with Crippen LogP contribution < -0.4 is 9.47 Å². The smallest absolute Gasteiger partial charge is 0.307 e. The molecule has 1 fully saturated rings. The third-order valence-electron chi connectivity index (χ3n) is 4.49. The van der Waals surface area contributed by atoms with Gasteiger partial charge in [-0.25, -0.2) is 0 Å². The lowest BCUT2D eigenvalue weighted by molar-refractivity contribution is -0.143.